The Morgan fingerprint density at radius 3 is 2.79 bits per heavy atom. The molecule has 0 aliphatic carbocycles. The molecular weight excluding hydrogens is 372 g/mol. The highest BCUT2D eigenvalue weighted by Crippen LogP contribution is 2.35. The van der Waals surface area contributed by atoms with E-state index in [0.29, 0.717) is 25.3 Å². The Labute approximate surface area is 167 Å². The number of pyridine rings is 1. The minimum absolute atomic E-state index is 0.00138. The second-order valence-electron chi connectivity index (χ2n) is 7.33. The van der Waals surface area contributed by atoms with E-state index in [2.05, 4.69) is 4.98 Å². The van der Waals surface area contributed by atoms with Gasteiger partial charge in [0.2, 0.25) is 0 Å². The maximum Gasteiger partial charge on any atom is 0.271 e. The number of hydrogen-bond donors (Lipinski definition) is 0. The van der Waals surface area contributed by atoms with Gasteiger partial charge in [-0.25, -0.2) is 0 Å². The summed E-state index contributed by atoms with van der Waals surface area (Å²) in [5.41, 5.74) is 2.54. The van der Waals surface area contributed by atoms with Crippen LogP contribution in [0.1, 0.15) is 37.5 Å². The molecule has 1 saturated heterocycles. The van der Waals surface area contributed by atoms with Crippen LogP contribution in [0.15, 0.2) is 54.2 Å². The van der Waals surface area contributed by atoms with Gasteiger partial charge in [-0.1, -0.05) is 6.07 Å². The van der Waals surface area contributed by atoms with Crippen LogP contribution in [0, 0.1) is 6.92 Å². The van der Waals surface area contributed by atoms with Crippen molar-refractivity contribution >= 4 is 23.2 Å². The summed E-state index contributed by atoms with van der Waals surface area (Å²) in [5.74, 6) is 0.0550. The molecule has 0 radical (unpaired) electrons. The van der Waals surface area contributed by atoms with E-state index in [4.69, 9.17) is 0 Å². The van der Waals surface area contributed by atoms with Gasteiger partial charge in [-0.3, -0.25) is 14.6 Å². The molecule has 0 bridgehead atoms. The Balaban J connectivity index is 1.48. The Morgan fingerprint density at radius 2 is 2.04 bits per heavy atom. The molecule has 5 heterocycles. The standard InChI is InChI=1S/C21H20N4O2S/c1-14-7-10-28-19(14)21(27)23-12-17-18(13-23)25(11-15-5-2-3-8-22-15)20(26)16-6-4-9-24(16)17/h2-10,17-18H,11-13H2,1H3/t17-,18-/m0/s1. The number of rotatable bonds is 3. The van der Waals surface area contributed by atoms with Crippen LogP contribution in [-0.4, -0.2) is 50.3 Å². The lowest BCUT2D eigenvalue weighted by atomic mass is 10.1. The molecular formula is C21H20N4O2S. The highest BCUT2D eigenvalue weighted by molar-refractivity contribution is 7.12. The van der Waals surface area contributed by atoms with E-state index >= 15 is 0 Å². The lowest BCUT2D eigenvalue weighted by Crippen LogP contribution is -2.50. The van der Waals surface area contributed by atoms with E-state index in [1.165, 1.54) is 11.3 Å². The topological polar surface area (TPSA) is 58.4 Å². The molecule has 6 nitrogen and oxygen atoms in total. The second kappa shape index (κ2) is 6.60. The van der Waals surface area contributed by atoms with E-state index in [-0.39, 0.29) is 23.9 Å². The Bertz CT molecular complexity index is 1040. The van der Waals surface area contributed by atoms with Crippen molar-refractivity contribution in [2.75, 3.05) is 13.1 Å². The molecule has 0 spiro atoms. The van der Waals surface area contributed by atoms with Crippen LogP contribution in [0.3, 0.4) is 0 Å². The minimum Gasteiger partial charge on any atom is -0.337 e. The lowest BCUT2D eigenvalue weighted by molar-refractivity contribution is 0.0547. The van der Waals surface area contributed by atoms with Gasteiger partial charge in [0.05, 0.1) is 29.2 Å². The van der Waals surface area contributed by atoms with Crippen LogP contribution < -0.4 is 0 Å². The van der Waals surface area contributed by atoms with Crippen LogP contribution >= 0.6 is 11.3 Å². The molecule has 0 unspecified atom stereocenters. The van der Waals surface area contributed by atoms with Crippen LogP contribution in [0.2, 0.25) is 0 Å². The molecule has 28 heavy (non-hydrogen) atoms. The van der Waals surface area contributed by atoms with Gasteiger partial charge in [0.25, 0.3) is 11.8 Å². The smallest absolute Gasteiger partial charge is 0.271 e. The summed E-state index contributed by atoms with van der Waals surface area (Å²) < 4.78 is 2.04. The number of fused-ring (bicyclic) bond motifs is 3. The fourth-order valence-electron chi connectivity index (χ4n) is 4.27. The van der Waals surface area contributed by atoms with Gasteiger partial charge in [0, 0.05) is 25.5 Å². The maximum absolute atomic E-state index is 13.2. The summed E-state index contributed by atoms with van der Waals surface area (Å²) in [6.45, 7) is 3.56. The monoisotopic (exact) mass is 392 g/mol. The molecule has 2 atom stereocenters. The SMILES string of the molecule is Cc1ccsc1C(=O)N1C[C@H]2[C@H](C1)n1cccc1C(=O)N2Cc1ccccn1. The molecule has 3 aromatic rings. The first-order valence-electron chi connectivity index (χ1n) is 9.34. The zero-order valence-electron chi connectivity index (χ0n) is 15.5. The third kappa shape index (κ3) is 2.65. The first kappa shape index (κ1) is 17.2. The number of thiophene rings is 1. The van der Waals surface area contributed by atoms with Crippen molar-refractivity contribution in [1.29, 1.82) is 0 Å². The molecule has 142 valence electrons. The van der Waals surface area contributed by atoms with Crippen LogP contribution in [0.4, 0.5) is 0 Å². The van der Waals surface area contributed by atoms with Crippen LogP contribution in [-0.2, 0) is 6.54 Å². The second-order valence-corrected chi connectivity index (χ2v) is 8.25. The molecule has 7 heteroatoms. The highest BCUT2D eigenvalue weighted by Gasteiger charge is 2.46. The average Bonchev–Trinajstić information content (AvgIpc) is 3.44. The number of nitrogens with zero attached hydrogens (tertiary/aromatic N) is 4. The molecule has 1 fully saturated rings. The fraction of sp³-hybridized carbons (Fsp3) is 0.286. The Morgan fingerprint density at radius 1 is 1.18 bits per heavy atom. The Hall–Kier alpha value is -2.93. The van der Waals surface area contributed by atoms with Gasteiger partial charge in [-0.15, -0.1) is 11.3 Å². The summed E-state index contributed by atoms with van der Waals surface area (Å²) in [6, 6.07) is 11.5. The van der Waals surface area contributed by atoms with E-state index < -0.39 is 0 Å². The molecule has 0 aromatic carbocycles. The van der Waals surface area contributed by atoms with Crippen molar-refractivity contribution in [3.8, 4) is 0 Å². The molecule has 3 aromatic heterocycles. The van der Waals surface area contributed by atoms with Crippen molar-refractivity contribution in [3.63, 3.8) is 0 Å². The number of aromatic nitrogens is 2. The normalized spacial score (nSPS) is 21.0. The predicted molar refractivity (Wildman–Crippen MR) is 106 cm³/mol. The fourth-order valence-corrected chi connectivity index (χ4v) is 5.16. The molecule has 0 saturated carbocycles. The molecule has 5 rings (SSSR count). The third-order valence-corrected chi connectivity index (χ3v) is 6.68. The lowest BCUT2D eigenvalue weighted by Gasteiger charge is -2.37. The van der Waals surface area contributed by atoms with E-state index in [1.54, 1.807) is 6.20 Å². The number of aryl methyl sites for hydroxylation is 1. The van der Waals surface area contributed by atoms with E-state index in [9.17, 15) is 9.59 Å². The van der Waals surface area contributed by atoms with Gasteiger partial charge in [0.15, 0.2) is 0 Å². The van der Waals surface area contributed by atoms with E-state index in [1.807, 2.05) is 69.3 Å². The summed E-state index contributed by atoms with van der Waals surface area (Å²) in [5, 5.41) is 1.95. The average molecular weight is 392 g/mol. The van der Waals surface area contributed by atoms with Crippen molar-refractivity contribution in [1.82, 2.24) is 19.4 Å². The highest BCUT2D eigenvalue weighted by atomic mass is 32.1. The molecule has 2 amide bonds. The van der Waals surface area contributed by atoms with Gasteiger partial charge in [-0.05, 0) is 48.2 Å². The number of carbonyl (C=O) groups excluding carboxylic acids is 2. The van der Waals surface area contributed by atoms with Crippen molar-refractivity contribution in [2.24, 2.45) is 0 Å². The van der Waals surface area contributed by atoms with E-state index in [0.717, 1.165) is 16.1 Å². The summed E-state index contributed by atoms with van der Waals surface area (Å²) in [7, 11) is 0. The van der Waals surface area contributed by atoms with Crippen molar-refractivity contribution in [3.05, 3.63) is 76.0 Å². The Kier molecular flexibility index (Phi) is 4.05. The van der Waals surface area contributed by atoms with Gasteiger partial charge < -0.3 is 14.4 Å². The number of likely N-dealkylation sites (tertiary alicyclic amines) is 1. The number of carbonyl (C=O) groups is 2. The zero-order valence-corrected chi connectivity index (χ0v) is 16.3. The van der Waals surface area contributed by atoms with Crippen LogP contribution in [0.5, 0.6) is 0 Å². The molecule has 0 N–H and O–H groups in total. The van der Waals surface area contributed by atoms with Gasteiger partial charge >= 0.3 is 0 Å². The predicted octanol–water partition coefficient (Wildman–Crippen LogP) is 2.97. The quantitative estimate of drug-likeness (QED) is 0.689. The van der Waals surface area contributed by atoms with Crippen LogP contribution in [0.25, 0.3) is 0 Å². The summed E-state index contributed by atoms with van der Waals surface area (Å²) in [6.07, 6.45) is 3.70. The maximum atomic E-state index is 13.2. The third-order valence-electron chi connectivity index (χ3n) is 5.68. The van der Waals surface area contributed by atoms with Gasteiger partial charge in [0.1, 0.15) is 5.69 Å². The number of amides is 2. The van der Waals surface area contributed by atoms with Gasteiger partial charge in [-0.2, -0.15) is 0 Å². The first-order chi connectivity index (χ1) is 13.6. The zero-order chi connectivity index (χ0) is 19.3. The minimum atomic E-state index is -0.0568. The van der Waals surface area contributed by atoms with Crippen molar-refractivity contribution in [2.45, 2.75) is 25.6 Å². The molecule has 2 aliphatic heterocycles. The largest absolute Gasteiger partial charge is 0.337 e. The first-order valence-corrected chi connectivity index (χ1v) is 10.2. The number of hydrogen-bond acceptors (Lipinski definition) is 4. The summed E-state index contributed by atoms with van der Waals surface area (Å²) in [4.78, 5) is 35.2. The summed E-state index contributed by atoms with van der Waals surface area (Å²) >= 11 is 1.48. The van der Waals surface area contributed by atoms with Crippen molar-refractivity contribution < 1.29 is 9.59 Å². The molecule has 2 aliphatic rings.